The summed E-state index contributed by atoms with van der Waals surface area (Å²) in [5.41, 5.74) is 0.842. The van der Waals surface area contributed by atoms with Gasteiger partial charge in [-0.1, -0.05) is 54.4 Å². The minimum Gasteiger partial charge on any atom is -0.388 e. The quantitative estimate of drug-likeness (QED) is 0.548. The second kappa shape index (κ2) is 9.41. The number of amides is 1. The summed E-state index contributed by atoms with van der Waals surface area (Å²) in [5, 5.41) is 20.9. The molecule has 6 nitrogen and oxygen atoms in total. The molecule has 174 valence electrons. The lowest BCUT2D eigenvalue weighted by Gasteiger charge is -2.48. The number of benzene rings is 1. The molecule has 3 aromatic rings. The van der Waals surface area contributed by atoms with E-state index in [0.29, 0.717) is 19.5 Å². The Morgan fingerprint density at radius 2 is 2.03 bits per heavy atom. The SMILES string of the molecule is C[C@@]1(O)CCN(Cc2cc(-c3ccccc3)no2)[C@@H](c2cccs2)[C@@H]1NC(=O)C1CCCC1. The first kappa shape index (κ1) is 22.3. The van der Waals surface area contributed by atoms with Crippen molar-refractivity contribution in [3.05, 3.63) is 64.5 Å². The Balaban J connectivity index is 1.40. The fourth-order valence-corrected chi connectivity index (χ4v) is 6.12. The molecule has 1 aliphatic heterocycles. The maximum Gasteiger partial charge on any atom is 0.223 e. The van der Waals surface area contributed by atoms with Gasteiger partial charge in [-0.15, -0.1) is 11.3 Å². The van der Waals surface area contributed by atoms with E-state index in [0.717, 1.165) is 47.6 Å². The third-order valence-corrected chi connectivity index (χ3v) is 8.07. The molecule has 2 N–H and O–H groups in total. The summed E-state index contributed by atoms with van der Waals surface area (Å²) in [6.07, 6.45) is 4.66. The lowest BCUT2D eigenvalue weighted by Crippen LogP contribution is -2.62. The van der Waals surface area contributed by atoms with Gasteiger partial charge in [-0.05, 0) is 37.6 Å². The lowest BCUT2D eigenvalue weighted by atomic mass is 9.81. The maximum absolute atomic E-state index is 13.1. The van der Waals surface area contributed by atoms with E-state index in [1.54, 1.807) is 11.3 Å². The molecule has 1 amide bonds. The van der Waals surface area contributed by atoms with Crippen LogP contribution in [-0.4, -0.2) is 39.3 Å². The Morgan fingerprint density at radius 3 is 2.76 bits per heavy atom. The zero-order chi connectivity index (χ0) is 22.8. The third-order valence-electron chi connectivity index (χ3n) is 7.13. The van der Waals surface area contributed by atoms with Crippen LogP contribution in [-0.2, 0) is 11.3 Å². The molecule has 1 saturated heterocycles. The number of hydrogen-bond donors (Lipinski definition) is 2. The van der Waals surface area contributed by atoms with Crippen molar-refractivity contribution >= 4 is 17.2 Å². The van der Waals surface area contributed by atoms with Gasteiger partial charge in [0.05, 0.1) is 24.2 Å². The molecule has 2 fully saturated rings. The van der Waals surface area contributed by atoms with E-state index in [1.165, 1.54) is 0 Å². The van der Waals surface area contributed by atoms with Gasteiger partial charge in [0.25, 0.3) is 0 Å². The summed E-state index contributed by atoms with van der Waals surface area (Å²) < 4.78 is 5.70. The highest BCUT2D eigenvalue weighted by Gasteiger charge is 2.47. The molecule has 2 aliphatic rings. The van der Waals surface area contributed by atoms with Gasteiger partial charge in [0, 0.05) is 29.0 Å². The zero-order valence-corrected chi connectivity index (χ0v) is 19.8. The van der Waals surface area contributed by atoms with Gasteiger partial charge >= 0.3 is 0 Å². The van der Waals surface area contributed by atoms with Gasteiger partial charge in [0.1, 0.15) is 5.69 Å². The molecule has 0 unspecified atom stereocenters. The number of aliphatic hydroxyl groups is 1. The van der Waals surface area contributed by atoms with Crippen molar-refractivity contribution < 1.29 is 14.4 Å². The van der Waals surface area contributed by atoms with Crippen molar-refractivity contribution in [3.63, 3.8) is 0 Å². The van der Waals surface area contributed by atoms with E-state index >= 15 is 0 Å². The Kier molecular flexibility index (Phi) is 6.36. The molecule has 3 heterocycles. The molecule has 0 bridgehead atoms. The van der Waals surface area contributed by atoms with Crippen molar-refractivity contribution in [2.45, 2.75) is 63.3 Å². The first-order valence-electron chi connectivity index (χ1n) is 11.8. The summed E-state index contributed by atoms with van der Waals surface area (Å²) in [7, 11) is 0. The van der Waals surface area contributed by atoms with Gasteiger partial charge in [-0.25, -0.2) is 0 Å². The van der Waals surface area contributed by atoms with Crippen LogP contribution in [0.4, 0.5) is 0 Å². The molecule has 5 rings (SSSR count). The fraction of sp³-hybridized carbons (Fsp3) is 0.462. The van der Waals surface area contributed by atoms with Gasteiger partial charge in [-0.3, -0.25) is 9.69 Å². The minimum atomic E-state index is -0.990. The fourth-order valence-electron chi connectivity index (χ4n) is 5.22. The van der Waals surface area contributed by atoms with Gasteiger partial charge in [0.2, 0.25) is 5.91 Å². The first-order chi connectivity index (χ1) is 16.0. The number of piperidine rings is 1. The van der Waals surface area contributed by atoms with E-state index in [4.69, 9.17) is 4.52 Å². The van der Waals surface area contributed by atoms with Crippen LogP contribution >= 0.6 is 11.3 Å². The van der Waals surface area contributed by atoms with E-state index in [-0.39, 0.29) is 17.9 Å². The molecule has 1 aromatic carbocycles. The molecular weight excluding hydrogens is 434 g/mol. The average Bonchev–Trinajstić information content (AvgIpc) is 3.60. The monoisotopic (exact) mass is 465 g/mol. The van der Waals surface area contributed by atoms with Crippen LogP contribution in [0.25, 0.3) is 11.3 Å². The number of nitrogens with one attached hydrogen (secondary N) is 1. The number of aromatic nitrogens is 1. The Hall–Kier alpha value is -2.48. The number of nitrogens with zero attached hydrogens (tertiary/aromatic N) is 2. The largest absolute Gasteiger partial charge is 0.388 e. The van der Waals surface area contributed by atoms with Crippen LogP contribution in [0, 0.1) is 5.92 Å². The number of hydrogen-bond acceptors (Lipinski definition) is 6. The van der Waals surface area contributed by atoms with Gasteiger partial charge < -0.3 is 14.9 Å². The summed E-state index contributed by atoms with van der Waals surface area (Å²) >= 11 is 1.66. The Labute approximate surface area is 198 Å². The van der Waals surface area contributed by atoms with E-state index < -0.39 is 11.6 Å². The van der Waals surface area contributed by atoms with Crippen LogP contribution < -0.4 is 5.32 Å². The normalized spacial score (nSPS) is 26.5. The van der Waals surface area contributed by atoms with Crippen LogP contribution in [0.2, 0.25) is 0 Å². The smallest absolute Gasteiger partial charge is 0.223 e. The summed E-state index contributed by atoms with van der Waals surface area (Å²) in [5.74, 6) is 0.910. The molecule has 2 aromatic heterocycles. The van der Waals surface area contributed by atoms with E-state index in [9.17, 15) is 9.90 Å². The highest BCUT2D eigenvalue weighted by atomic mass is 32.1. The lowest BCUT2D eigenvalue weighted by molar-refractivity contribution is -0.132. The predicted octanol–water partition coefficient (Wildman–Crippen LogP) is 4.78. The molecule has 7 heteroatoms. The number of likely N-dealkylation sites (tertiary alicyclic amines) is 1. The second-order valence-corrected chi connectivity index (χ2v) is 10.5. The van der Waals surface area contributed by atoms with Crippen LogP contribution in [0.15, 0.2) is 58.4 Å². The molecule has 33 heavy (non-hydrogen) atoms. The van der Waals surface area contributed by atoms with E-state index in [2.05, 4.69) is 26.8 Å². The van der Waals surface area contributed by atoms with E-state index in [1.807, 2.05) is 49.4 Å². The van der Waals surface area contributed by atoms with Gasteiger partial charge in [0.15, 0.2) is 5.76 Å². The minimum absolute atomic E-state index is 0.0582. The van der Waals surface area contributed by atoms with Crippen LogP contribution in [0.5, 0.6) is 0 Å². The Bertz CT molecular complexity index is 1060. The first-order valence-corrected chi connectivity index (χ1v) is 12.7. The topological polar surface area (TPSA) is 78.6 Å². The van der Waals surface area contributed by atoms with Gasteiger partial charge in [-0.2, -0.15) is 0 Å². The summed E-state index contributed by atoms with van der Waals surface area (Å²) in [6, 6.07) is 15.6. The zero-order valence-electron chi connectivity index (χ0n) is 18.9. The van der Waals surface area contributed by atoms with Crippen molar-refractivity contribution in [1.82, 2.24) is 15.4 Å². The predicted molar refractivity (Wildman–Crippen MR) is 129 cm³/mol. The summed E-state index contributed by atoms with van der Waals surface area (Å²) in [4.78, 5) is 16.5. The highest BCUT2D eigenvalue weighted by Crippen LogP contribution is 2.40. The molecule has 0 spiro atoms. The van der Waals surface area contributed by atoms with Crippen LogP contribution in [0.1, 0.15) is 55.7 Å². The molecule has 3 atom stereocenters. The second-order valence-electron chi connectivity index (χ2n) is 9.55. The number of thiophene rings is 1. The average molecular weight is 466 g/mol. The van der Waals surface area contributed by atoms with Crippen LogP contribution in [0.3, 0.4) is 0 Å². The Morgan fingerprint density at radius 1 is 1.24 bits per heavy atom. The van der Waals surface area contributed by atoms with Crippen molar-refractivity contribution in [1.29, 1.82) is 0 Å². The number of carbonyl (C=O) groups excluding carboxylic acids is 1. The third kappa shape index (κ3) is 4.76. The maximum atomic E-state index is 13.1. The summed E-state index contributed by atoms with van der Waals surface area (Å²) in [6.45, 7) is 3.12. The van der Waals surface area contributed by atoms with Crippen molar-refractivity contribution in [2.75, 3.05) is 6.54 Å². The molecule has 0 radical (unpaired) electrons. The molecule has 1 saturated carbocycles. The number of rotatable bonds is 6. The number of carbonyl (C=O) groups is 1. The van der Waals surface area contributed by atoms with Crippen molar-refractivity contribution in [2.24, 2.45) is 5.92 Å². The highest BCUT2D eigenvalue weighted by molar-refractivity contribution is 7.10. The van der Waals surface area contributed by atoms with Crippen molar-refractivity contribution in [3.8, 4) is 11.3 Å². The molecule has 1 aliphatic carbocycles. The standard InChI is InChI=1S/C26H31N3O3S/c1-26(31)13-14-29(17-20-16-21(28-32-20)18-8-3-2-4-9-18)23(22-12-7-15-33-22)24(26)27-25(30)19-10-5-6-11-19/h2-4,7-9,12,15-16,19,23-24,31H,5-6,10-11,13-14,17H2,1H3,(H,27,30)/t23-,24-,26+/m0/s1. The molecular formula is C26H31N3O3S.